The molecule has 0 radical (unpaired) electrons. The second-order valence-electron chi connectivity index (χ2n) is 4.99. The van der Waals surface area contributed by atoms with Crippen LogP contribution >= 0.6 is 11.6 Å². The summed E-state index contributed by atoms with van der Waals surface area (Å²) in [5.74, 6) is 0.00137. The molecular formula is C16H14ClNO2. The summed E-state index contributed by atoms with van der Waals surface area (Å²) < 4.78 is 0. The SMILES string of the molecule is O=C1Cc2cc(C(O)Cc3cccc(Cl)c3)ccc2N1. The van der Waals surface area contributed by atoms with Gasteiger partial charge in [0.1, 0.15) is 0 Å². The standard InChI is InChI=1S/C16H14ClNO2/c17-13-3-1-2-10(6-13)7-15(19)11-4-5-14-12(8-11)9-16(20)18-14/h1-6,8,15,19H,7,9H2,(H,18,20). The molecule has 1 atom stereocenters. The molecule has 0 fully saturated rings. The largest absolute Gasteiger partial charge is 0.388 e. The molecule has 0 aromatic heterocycles. The highest BCUT2D eigenvalue weighted by atomic mass is 35.5. The summed E-state index contributed by atoms with van der Waals surface area (Å²) in [6.45, 7) is 0. The number of carbonyl (C=O) groups excluding carboxylic acids is 1. The van der Waals surface area contributed by atoms with E-state index in [1.54, 1.807) is 0 Å². The monoisotopic (exact) mass is 287 g/mol. The number of aliphatic hydroxyl groups excluding tert-OH is 1. The highest BCUT2D eigenvalue weighted by Gasteiger charge is 2.19. The summed E-state index contributed by atoms with van der Waals surface area (Å²) in [7, 11) is 0. The van der Waals surface area contributed by atoms with Crippen molar-refractivity contribution in [1.82, 2.24) is 0 Å². The van der Waals surface area contributed by atoms with E-state index in [0.29, 0.717) is 17.9 Å². The third-order valence-electron chi connectivity index (χ3n) is 3.46. The summed E-state index contributed by atoms with van der Waals surface area (Å²) in [6.07, 6.45) is 0.280. The van der Waals surface area contributed by atoms with Crippen LogP contribution in [-0.4, -0.2) is 11.0 Å². The van der Waals surface area contributed by atoms with Crippen molar-refractivity contribution in [2.24, 2.45) is 0 Å². The zero-order valence-corrected chi connectivity index (χ0v) is 11.5. The number of amides is 1. The van der Waals surface area contributed by atoms with Crippen LogP contribution in [0.5, 0.6) is 0 Å². The fourth-order valence-electron chi connectivity index (χ4n) is 2.46. The van der Waals surface area contributed by atoms with Crippen LogP contribution in [0, 0.1) is 0 Å². The van der Waals surface area contributed by atoms with E-state index in [0.717, 1.165) is 22.4 Å². The Morgan fingerprint density at radius 1 is 1.25 bits per heavy atom. The van der Waals surface area contributed by atoms with Gasteiger partial charge >= 0.3 is 0 Å². The Labute approximate surface area is 122 Å². The molecule has 4 heteroatoms. The lowest BCUT2D eigenvalue weighted by Gasteiger charge is -2.12. The number of carbonyl (C=O) groups is 1. The van der Waals surface area contributed by atoms with E-state index in [-0.39, 0.29) is 5.91 Å². The Balaban J connectivity index is 1.79. The molecule has 0 aliphatic carbocycles. The van der Waals surface area contributed by atoms with Gasteiger partial charge in [-0.15, -0.1) is 0 Å². The van der Waals surface area contributed by atoms with E-state index < -0.39 is 6.10 Å². The third-order valence-corrected chi connectivity index (χ3v) is 3.69. The number of halogens is 1. The Hall–Kier alpha value is -1.84. The highest BCUT2D eigenvalue weighted by molar-refractivity contribution is 6.30. The van der Waals surface area contributed by atoms with Gasteiger partial charge in [0.25, 0.3) is 0 Å². The van der Waals surface area contributed by atoms with Crippen molar-refractivity contribution in [3.8, 4) is 0 Å². The highest BCUT2D eigenvalue weighted by Crippen LogP contribution is 2.28. The summed E-state index contributed by atoms with van der Waals surface area (Å²) >= 11 is 5.94. The fraction of sp³-hybridized carbons (Fsp3) is 0.188. The maximum Gasteiger partial charge on any atom is 0.228 e. The zero-order chi connectivity index (χ0) is 14.1. The van der Waals surface area contributed by atoms with Gasteiger partial charge in [-0.3, -0.25) is 4.79 Å². The number of fused-ring (bicyclic) bond motifs is 1. The molecule has 1 aliphatic rings. The van der Waals surface area contributed by atoms with Crippen LogP contribution in [0.2, 0.25) is 5.02 Å². The number of anilines is 1. The Bertz CT molecular complexity index is 669. The maximum atomic E-state index is 11.3. The minimum atomic E-state index is -0.602. The van der Waals surface area contributed by atoms with E-state index >= 15 is 0 Å². The molecule has 1 unspecified atom stereocenters. The predicted octanol–water partition coefficient (Wildman–Crippen LogP) is 3.11. The van der Waals surface area contributed by atoms with Crippen molar-refractivity contribution >= 4 is 23.2 Å². The second kappa shape index (κ2) is 5.27. The average Bonchev–Trinajstić information content (AvgIpc) is 2.77. The molecule has 3 nitrogen and oxygen atoms in total. The molecule has 1 amide bonds. The number of nitrogens with one attached hydrogen (secondary N) is 1. The number of hydrogen-bond acceptors (Lipinski definition) is 2. The first-order valence-electron chi connectivity index (χ1n) is 6.47. The van der Waals surface area contributed by atoms with Crippen LogP contribution in [0.4, 0.5) is 5.69 Å². The van der Waals surface area contributed by atoms with Crippen LogP contribution in [0.3, 0.4) is 0 Å². The molecule has 20 heavy (non-hydrogen) atoms. The van der Waals surface area contributed by atoms with Gasteiger partial charge in [0.2, 0.25) is 5.91 Å². The number of aliphatic hydroxyl groups is 1. The van der Waals surface area contributed by atoms with Gasteiger partial charge < -0.3 is 10.4 Å². The van der Waals surface area contributed by atoms with Gasteiger partial charge in [-0.05, 0) is 34.9 Å². The lowest BCUT2D eigenvalue weighted by Crippen LogP contribution is -2.03. The smallest absolute Gasteiger partial charge is 0.228 e. The molecule has 0 bridgehead atoms. The van der Waals surface area contributed by atoms with E-state index in [4.69, 9.17) is 11.6 Å². The summed E-state index contributed by atoms with van der Waals surface area (Å²) in [4.78, 5) is 11.3. The third kappa shape index (κ3) is 2.69. The molecule has 2 aromatic rings. The van der Waals surface area contributed by atoms with Crippen LogP contribution in [-0.2, 0) is 17.6 Å². The summed E-state index contributed by atoms with van der Waals surface area (Å²) in [6, 6.07) is 13.1. The van der Waals surface area contributed by atoms with Gasteiger partial charge in [-0.1, -0.05) is 35.9 Å². The van der Waals surface area contributed by atoms with E-state index in [9.17, 15) is 9.90 Å². The van der Waals surface area contributed by atoms with Crippen LogP contribution in [0.1, 0.15) is 22.8 Å². The van der Waals surface area contributed by atoms with E-state index in [1.807, 2.05) is 42.5 Å². The molecule has 2 aromatic carbocycles. The van der Waals surface area contributed by atoms with Gasteiger partial charge in [-0.2, -0.15) is 0 Å². The van der Waals surface area contributed by atoms with Gasteiger partial charge in [-0.25, -0.2) is 0 Å². The first-order valence-corrected chi connectivity index (χ1v) is 6.85. The van der Waals surface area contributed by atoms with Crippen molar-refractivity contribution in [1.29, 1.82) is 0 Å². The van der Waals surface area contributed by atoms with Crippen molar-refractivity contribution in [2.45, 2.75) is 18.9 Å². The van der Waals surface area contributed by atoms with E-state index in [2.05, 4.69) is 5.32 Å². The molecule has 0 spiro atoms. The minimum Gasteiger partial charge on any atom is -0.388 e. The first-order chi connectivity index (χ1) is 9.61. The molecule has 0 saturated carbocycles. The summed E-state index contributed by atoms with van der Waals surface area (Å²) in [5.41, 5.74) is 3.59. The topological polar surface area (TPSA) is 49.3 Å². The first kappa shape index (κ1) is 13.2. The minimum absolute atomic E-state index is 0.00137. The van der Waals surface area contributed by atoms with Crippen molar-refractivity contribution in [3.63, 3.8) is 0 Å². The second-order valence-corrected chi connectivity index (χ2v) is 5.43. The van der Waals surface area contributed by atoms with Gasteiger partial charge in [0.05, 0.1) is 12.5 Å². The van der Waals surface area contributed by atoms with Crippen molar-refractivity contribution in [2.75, 3.05) is 5.32 Å². The van der Waals surface area contributed by atoms with Gasteiger partial charge in [0, 0.05) is 17.1 Å². The molecule has 1 aliphatic heterocycles. The number of hydrogen-bond donors (Lipinski definition) is 2. The molecule has 102 valence electrons. The predicted molar refractivity (Wildman–Crippen MR) is 78.9 cm³/mol. The van der Waals surface area contributed by atoms with Gasteiger partial charge in [0.15, 0.2) is 0 Å². The van der Waals surface area contributed by atoms with Crippen LogP contribution in [0.15, 0.2) is 42.5 Å². The maximum absolute atomic E-state index is 11.3. The number of rotatable bonds is 3. The quantitative estimate of drug-likeness (QED) is 0.911. The summed E-state index contributed by atoms with van der Waals surface area (Å²) in [5, 5.41) is 13.8. The molecular weight excluding hydrogens is 274 g/mol. The fourth-order valence-corrected chi connectivity index (χ4v) is 2.67. The lowest BCUT2D eigenvalue weighted by atomic mass is 9.99. The molecule has 1 heterocycles. The zero-order valence-electron chi connectivity index (χ0n) is 10.8. The molecule has 2 N–H and O–H groups in total. The van der Waals surface area contributed by atoms with Crippen LogP contribution < -0.4 is 5.32 Å². The Morgan fingerprint density at radius 3 is 2.90 bits per heavy atom. The normalized spacial score (nSPS) is 14.8. The Morgan fingerprint density at radius 2 is 2.10 bits per heavy atom. The van der Waals surface area contributed by atoms with Crippen molar-refractivity contribution < 1.29 is 9.90 Å². The molecule has 0 saturated heterocycles. The van der Waals surface area contributed by atoms with E-state index in [1.165, 1.54) is 0 Å². The lowest BCUT2D eigenvalue weighted by molar-refractivity contribution is -0.115. The Kier molecular flexibility index (Phi) is 3.47. The average molecular weight is 288 g/mol. The number of benzene rings is 2. The molecule has 3 rings (SSSR count). The van der Waals surface area contributed by atoms with Crippen molar-refractivity contribution in [3.05, 3.63) is 64.2 Å². The van der Waals surface area contributed by atoms with Crippen LogP contribution in [0.25, 0.3) is 0 Å².